The highest BCUT2D eigenvalue weighted by Crippen LogP contribution is 2.32. The molecule has 0 saturated carbocycles. The molecule has 0 saturated heterocycles. The number of hydrogen-bond donors (Lipinski definition) is 1. The third kappa shape index (κ3) is 5.47. The van der Waals surface area contributed by atoms with Gasteiger partial charge < -0.3 is 5.32 Å². The van der Waals surface area contributed by atoms with Crippen molar-refractivity contribution in [2.75, 3.05) is 22.4 Å². The smallest absolute Gasteiger partial charge is 0.245 e. The molecule has 1 unspecified atom stereocenters. The molecule has 1 amide bonds. The summed E-state index contributed by atoms with van der Waals surface area (Å²) in [6.07, 6.45) is 1.06. The van der Waals surface area contributed by atoms with Gasteiger partial charge in [0.2, 0.25) is 15.9 Å². The van der Waals surface area contributed by atoms with Crippen molar-refractivity contribution in [1.82, 2.24) is 0 Å². The molecule has 164 valence electrons. The number of halogens is 1. The Balaban J connectivity index is 1.80. The summed E-state index contributed by atoms with van der Waals surface area (Å²) in [4.78, 5) is 12.6. The highest BCUT2D eigenvalue weighted by Gasteiger charge is 2.23. The maximum absolute atomic E-state index is 12.6. The highest BCUT2D eigenvalue weighted by atomic mass is 35.5. The van der Waals surface area contributed by atoms with E-state index in [1.54, 1.807) is 49.4 Å². The fourth-order valence-electron chi connectivity index (χ4n) is 3.36. The van der Waals surface area contributed by atoms with Crippen molar-refractivity contribution in [1.29, 1.82) is 5.26 Å². The monoisotopic (exact) mass is 467 g/mol. The van der Waals surface area contributed by atoms with Gasteiger partial charge in [-0.2, -0.15) is 5.26 Å². The number of sulfonamides is 1. The summed E-state index contributed by atoms with van der Waals surface area (Å²) in [7, 11) is -3.68. The fraction of sp³-hybridized carbons (Fsp3) is 0.167. The number of para-hydroxylation sites is 1. The van der Waals surface area contributed by atoms with Crippen molar-refractivity contribution in [3.05, 3.63) is 94.5 Å². The van der Waals surface area contributed by atoms with E-state index in [0.29, 0.717) is 22.0 Å². The van der Waals surface area contributed by atoms with Crippen LogP contribution in [0.3, 0.4) is 0 Å². The molecule has 6 nitrogen and oxygen atoms in total. The van der Waals surface area contributed by atoms with Crippen LogP contribution in [-0.2, 0) is 14.8 Å². The Morgan fingerprint density at radius 1 is 1.09 bits per heavy atom. The van der Waals surface area contributed by atoms with Crippen molar-refractivity contribution in [3.63, 3.8) is 0 Å². The zero-order chi connectivity index (χ0) is 23.3. The van der Waals surface area contributed by atoms with E-state index in [4.69, 9.17) is 11.6 Å². The number of amides is 1. The van der Waals surface area contributed by atoms with Crippen LogP contribution in [0.15, 0.2) is 72.8 Å². The van der Waals surface area contributed by atoms with Crippen molar-refractivity contribution >= 4 is 38.9 Å². The molecule has 0 fully saturated rings. The molecule has 0 aliphatic heterocycles. The lowest BCUT2D eigenvalue weighted by Crippen LogP contribution is -2.37. The number of nitrogens with one attached hydrogen (secondary N) is 1. The maximum Gasteiger partial charge on any atom is 0.245 e. The van der Waals surface area contributed by atoms with Crippen molar-refractivity contribution < 1.29 is 13.2 Å². The number of hydrogen-bond acceptors (Lipinski definition) is 4. The topological polar surface area (TPSA) is 90.3 Å². The summed E-state index contributed by atoms with van der Waals surface area (Å²) >= 11 is 6.42. The molecule has 32 heavy (non-hydrogen) atoms. The first-order valence-corrected chi connectivity index (χ1v) is 12.0. The first-order chi connectivity index (χ1) is 15.2. The molecule has 1 atom stereocenters. The van der Waals surface area contributed by atoms with Gasteiger partial charge in [-0.05, 0) is 41.8 Å². The van der Waals surface area contributed by atoms with Gasteiger partial charge in [0.05, 0.1) is 23.9 Å². The Kier molecular flexibility index (Phi) is 7.18. The Morgan fingerprint density at radius 3 is 2.34 bits per heavy atom. The summed E-state index contributed by atoms with van der Waals surface area (Å²) in [6, 6.07) is 23.4. The molecule has 0 aliphatic rings. The Hall–Kier alpha value is -3.34. The van der Waals surface area contributed by atoms with Gasteiger partial charge in [-0.1, -0.05) is 66.2 Å². The SMILES string of the molecule is Cc1ccccc1N(CC(=O)Nc1ccc(C(C#N)c2ccccc2)c(Cl)c1)S(C)(=O)=O. The number of benzene rings is 3. The fourth-order valence-corrected chi connectivity index (χ4v) is 4.57. The van der Waals surface area contributed by atoms with Crippen molar-refractivity contribution in [3.8, 4) is 6.07 Å². The highest BCUT2D eigenvalue weighted by molar-refractivity contribution is 7.92. The number of carbonyl (C=O) groups is 1. The van der Waals surface area contributed by atoms with Crippen LogP contribution in [0.4, 0.5) is 11.4 Å². The molecular weight excluding hydrogens is 446 g/mol. The number of nitriles is 1. The van der Waals surface area contributed by atoms with E-state index in [1.165, 1.54) is 0 Å². The lowest BCUT2D eigenvalue weighted by Gasteiger charge is -2.23. The summed E-state index contributed by atoms with van der Waals surface area (Å²) in [5.74, 6) is -1.06. The van der Waals surface area contributed by atoms with E-state index < -0.39 is 21.8 Å². The zero-order valence-electron chi connectivity index (χ0n) is 17.6. The average Bonchev–Trinajstić information content (AvgIpc) is 2.75. The summed E-state index contributed by atoms with van der Waals surface area (Å²) in [6.45, 7) is 1.40. The van der Waals surface area contributed by atoms with Crippen LogP contribution in [0.1, 0.15) is 22.6 Å². The largest absolute Gasteiger partial charge is 0.324 e. The standard InChI is InChI=1S/C24H22ClN3O3S/c1-17-8-6-7-11-23(17)28(32(2,30)31)16-24(29)27-19-12-13-20(22(25)14-19)21(15-26)18-9-4-3-5-10-18/h3-14,21H,16H2,1-2H3,(H,27,29). The van der Waals surface area contributed by atoms with E-state index in [-0.39, 0.29) is 6.54 Å². The van der Waals surface area contributed by atoms with Crippen LogP contribution in [0.2, 0.25) is 5.02 Å². The lowest BCUT2D eigenvalue weighted by molar-refractivity contribution is -0.114. The Labute approximate surface area is 193 Å². The molecule has 0 aliphatic carbocycles. The number of carbonyl (C=O) groups excluding carboxylic acids is 1. The maximum atomic E-state index is 12.6. The van der Waals surface area contributed by atoms with E-state index >= 15 is 0 Å². The van der Waals surface area contributed by atoms with Gasteiger partial charge in [0, 0.05) is 10.7 Å². The summed E-state index contributed by atoms with van der Waals surface area (Å²) in [5, 5.41) is 12.7. The quantitative estimate of drug-likeness (QED) is 0.544. The Bertz CT molecular complexity index is 1270. The van der Waals surface area contributed by atoms with Crippen LogP contribution in [0.5, 0.6) is 0 Å². The van der Waals surface area contributed by atoms with Crippen LogP contribution in [-0.4, -0.2) is 27.1 Å². The summed E-state index contributed by atoms with van der Waals surface area (Å²) < 4.78 is 25.7. The minimum atomic E-state index is -3.68. The van der Waals surface area contributed by atoms with Gasteiger partial charge in [0.1, 0.15) is 6.54 Å². The number of rotatable bonds is 7. The molecule has 0 heterocycles. The number of nitrogens with zero attached hydrogens (tertiary/aromatic N) is 2. The van der Waals surface area contributed by atoms with Crippen LogP contribution in [0, 0.1) is 18.3 Å². The third-order valence-corrected chi connectivity index (χ3v) is 6.38. The number of aryl methyl sites for hydroxylation is 1. The van der Waals surface area contributed by atoms with Crippen LogP contribution >= 0.6 is 11.6 Å². The molecule has 3 aromatic rings. The molecule has 3 aromatic carbocycles. The molecule has 0 aromatic heterocycles. The van der Waals surface area contributed by atoms with Gasteiger partial charge in [0.25, 0.3) is 0 Å². The molecule has 1 N–H and O–H groups in total. The van der Waals surface area contributed by atoms with E-state index in [1.807, 2.05) is 30.3 Å². The predicted molar refractivity (Wildman–Crippen MR) is 127 cm³/mol. The Morgan fingerprint density at radius 2 is 1.75 bits per heavy atom. The van der Waals surface area contributed by atoms with E-state index in [2.05, 4.69) is 11.4 Å². The van der Waals surface area contributed by atoms with E-state index in [9.17, 15) is 18.5 Å². The molecule has 0 bridgehead atoms. The van der Waals surface area contributed by atoms with Crippen molar-refractivity contribution in [2.45, 2.75) is 12.8 Å². The van der Waals surface area contributed by atoms with E-state index in [0.717, 1.165) is 21.7 Å². The third-order valence-electron chi connectivity index (χ3n) is 4.93. The first-order valence-electron chi connectivity index (χ1n) is 9.78. The summed E-state index contributed by atoms with van der Waals surface area (Å²) in [5.41, 5.74) is 3.03. The van der Waals surface area contributed by atoms with Gasteiger partial charge in [-0.25, -0.2) is 8.42 Å². The average molecular weight is 468 g/mol. The minimum absolute atomic E-state index is 0.331. The number of anilines is 2. The second kappa shape index (κ2) is 9.86. The lowest BCUT2D eigenvalue weighted by atomic mass is 9.92. The van der Waals surface area contributed by atoms with Gasteiger partial charge in [-0.15, -0.1) is 0 Å². The van der Waals surface area contributed by atoms with Gasteiger partial charge in [-0.3, -0.25) is 9.10 Å². The van der Waals surface area contributed by atoms with Crippen molar-refractivity contribution in [2.24, 2.45) is 0 Å². The molecule has 0 radical (unpaired) electrons. The van der Waals surface area contributed by atoms with Crippen LogP contribution < -0.4 is 9.62 Å². The second-order valence-electron chi connectivity index (χ2n) is 7.31. The molecule has 0 spiro atoms. The molecule has 8 heteroatoms. The molecular formula is C24H22ClN3O3S. The zero-order valence-corrected chi connectivity index (χ0v) is 19.2. The first kappa shape index (κ1) is 23.3. The predicted octanol–water partition coefficient (Wildman–Crippen LogP) is 4.71. The minimum Gasteiger partial charge on any atom is -0.324 e. The molecule has 3 rings (SSSR count). The second-order valence-corrected chi connectivity index (χ2v) is 9.63. The van der Waals surface area contributed by atoms with Crippen LogP contribution in [0.25, 0.3) is 0 Å². The normalized spacial score (nSPS) is 11.9. The van der Waals surface area contributed by atoms with Gasteiger partial charge >= 0.3 is 0 Å². The van der Waals surface area contributed by atoms with Gasteiger partial charge in [0.15, 0.2) is 0 Å².